The van der Waals surface area contributed by atoms with E-state index in [0.29, 0.717) is 12.8 Å². The molecule has 0 aromatic heterocycles. The summed E-state index contributed by atoms with van der Waals surface area (Å²) in [4.78, 5) is 27.0. The molecule has 4 rings (SSSR count). The molecule has 23 heavy (non-hydrogen) atoms. The zero-order valence-electron chi connectivity index (χ0n) is 13.3. The van der Waals surface area contributed by atoms with Gasteiger partial charge in [0.15, 0.2) is 0 Å². The second kappa shape index (κ2) is 5.36. The first-order chi connectivity index (χ1) is 11.1. The molecule has 4 heteroatoms. The van der Waals surface area contributed by atoms with Crippen LogP contribution >= 0.6 is 0 Å². The molecule has 2 bridgehead atoms. The molecule has 0 spiro atoms. The fraction of sp³-hybridized carbons (Fsp3) is 0.579. The van der Waals surface area contributed by atoms with Gasteiger partial charge in [0, 0.05) is 18.0 Å². The van der Waals surface area contributed by atoms with Crippen LogP contribution in [-0.2, 0) is 16.0 Å². The van der Waals surface area contributed by atoms with Crippen LogP contribution in [0.25, 0.3) is 0 Å². The topological polar surface area (TPSA) is 57.6 Å². The Morgan fingerprint density at radius 2 is 1.87 bits per heavy atom. The molecular formula is C19H23NO3. The summed E-state index contributed by atoms with van der Waals surface area (Å²) in [6.07, 6.45) is 6.03. The Morgan fingerprint density at radius 3 is 2.48 bits per heavy atom. The van der Waals surface area contributed by atoms with Crippen LogP contribution in [0.5, 0.6) is 0 Å². The Hall–Kier alpha value is -1.84. The van der Waals surface area contributed by atoms with Gasteiger partial charge >= 0.3 is 5.97 Å². The van der Waals surface area contributed by atoms with Crippen molar-refractivity contribution in [3.05, 3.63) is 35.9 Å². The molecule has 3 atom stereocenters. The van der Waals surface area contributed by atoms with Crippen molar-refractivity contribution < 1.29 is 14.7 Å². The number of carbonyl (C=O) groups is 2. The van der Waals surface area contributed by atoms with Crippen LogP contribution in [0.1, 0.15) is 44.1 Å². The minimum atomic E-state index is -0.802. The fourth-order valence-corrected chi connectivity index (χ4v) is 4.84. The first-order valence-electron chi connectivity index (χ1n) is 8.71. The van der Waals surface area contributed by atoms with Crippen molar-refractivity contribution in [2.45, 2.75) is 57.0 Å². The standard InChI is InChI=1S/C19H23NO3/c21-17(14-7-4-8-14)20-15-9-10-16(20)19(12-15,18(22)23)11-13-5-2-1-3-6-13/h1-3,5-6,14-16H,4,7-12H2,(H,22,23)/t15-,16+,19+/m0/s1. The van der Waals surface area contributed by atoms with Gasteiger partial charge in [-0.2, -0.15) is 0 Å². The number of hydrogen-bond acceptors (Lipinski definition) is 2. The highest BCUT2D eigenvalue weighted by molar-refractivity contribution is 5.84. The summed E-state index contributed by atoms with van der Waals surface area (Å²) in [5.74, 6) is -0.362. The molecule has 1 aromatic rings. The number of hydrogen-bond donors (Lipinski definition) is 1. The predicted octanol–water partition coefficient (Wildman–Crippen LogP) is 2.86. The minimum absolute atomic E-state index is 0.127. The maximum Gasteiger partial charge on any atom is 0.312 e. The highest BCUT2D eigenvalue weighted by atomic mass is 16.4. The summed E-state index contributed by atoms with van der Waals surface area (Å²) in [7, 11) is 0. The summed E-state index contributed by atoms with van der Waals surface area (Å²) in [5.41, 5.74) is 0.252. The van der Waals surface area contributed by atoms with Crippen LogP contribution in [0.3, 0.4) is 0 Å². The number of fused-ring (bicyclic) bond motifs is 2. The largest absolute Gasteiger partial charge is 0.481 e. The van der Waals surface area contributed by atoms with Gasteiger partial charge in [-0.1, -0.05) is 36.8 Å². The van der Waals surface area contributed by atoms with Crippen molar-refractivity contribution in [3.63, 3.8) is 0 Å². The van der Waals surface area contributed by atoms with E-state index >= 15 is 0 Å². The zero-order chi connectivity index (χ0) is 16.0. The van der Waals surface area contributed by atoms with Crippen molar-refractivity contribution in [1.29, 1.82) is 0 Å². The predicted molar refractivity (Wildman–Crippen MR) is 85.8 cm³/mol. The van der Waals surface area contributed by atoms with Gasteiger partial charge < -0.3 is 10.0 Å². The molecule has 1 aromatic carbocycles. The maximum absolute atomic E-state index is 12.8. The third-order valence-corrected chi connectivity index (χ3v) is 6.24. The number of benzene rings is 1. The van der Waals surface area contributed by atoms with E-state index in [1.165, 1.54) is 0 Å². The Bertz CT molecular complexity index is 625. The van der Waals surface area contributed by atoms with E-state index in [2.05, 4.69) is 0 Å². The van der Waals surface area contributed by atoms with Crippen LogP contribution in [0, 0.1) is 11.3 Å². The van der Waals surface area contributed by atoms with Gasteiger partial charge in [-0.3, -0.25) is 9.59 Å². The Kier molecular flexibility index (Phi) is 3.43. The van der Waals surface area contributed by atoms with Crippen molar-refractivity contribution in [1.82, 2.24) is 4.90 Å². The van der Waals surface area contributed by atoms with Gasteiger partial charge in [0.25, 0.3) is 0 Å². The smallest absolute Gasteiger partial charge is 0.312 e. The first kappa shape index (κ1) is 14.7. The number of amides is 1. The average molecular weight is 313 g/mol. The number of carboxylic acids is 1. The minimum Gasteiger partial charge on any atom is -0.481 e. The summed E-state index contributed by atoms with van der Waals surface area (Å²) < 4.78 is 0. The monoisotopic (exact) mass is 313 g/mol. The molecule has 1 amide bonds. The summed E-state index contributed by atoms with van der Waals surface area (Å²) in [5, 5.41) is 10.0. The summed E-state index contributed by atoms with van der Waals surface area (Å²) >= 11 is 0. The van der Waals surface area contributed by atoms with Crippen molar-refractivity contribution >= 4 is 11.9 Å². The van der Waals surface area contributed by atoms with Crippen molar-refractivity contribution in [2.24, 2.45) is 11.3 Å². The molecule has 0 radical (unpaired) electrons. The molecule has 4 nitrogen and oxygen atoms in total. The first-order valence-corrected chi connectivity index (χ1v) is 8.71. The number of nitrogens with zero attached hydrogens (tertiary/aromatic N) is 1. The van der Waals surface area contributed by atoms with E-state index in [1.54, 1.807) is 0 Å². The number of carboxylic acid groups (broad SMARTS) is 1. The lowest BCUT2D eigenvalue weighted by Gasteiger charge is -2.36. The van der Waals surface area contributed by atoms with Gasteiger partial charge in [0.05, 0.1) is 5.41 Å². The second-order valence-electron chi connectivity index (χ2n) is 7.45. The fourth-order valence-electron chi connectivity index (χ4n) is 4.84. The van der Waals surface area contributed by atoms with Crippen molar-refractivity contribution in [3.8, 4) is 0 Å². The van der Waals surface area contributed by atoms with Gasteiger partial charge in [-0.05, 0) is 44.1 Å². The van der Waals surface area contributed by atoms with Gasteiger partial charge in [0.1, 0.15) is 0 Å². The molecule has 1 N–H and O–H groups in total. The van der Waals surface area contributed by atoms with E-state index in [0.717, 1.165) is 37.7 Å². The summed E-state index contributed by atoms with van der Waals surface area (Å²) in [6.45, 7) is 0. The number of rotatable bonds is 4. The zero-order valence-corrected chi connectivity index (χ0v) is 13.3. The van der Waals surface area contributed by atoms with E-state index in [1.807, 2.05) is 35.2 Å². The van der Waals surface area contributed by atoms with Gasteiger partial charge in [0.2, 0.25) is 5.91 Å². The molecule has 3 aliphatic rings. The van der Waals surface area contributed by atoms with Gasteiger partial charge in [-0.25, -0.2) is 0 Å². The Labute approximate surface area is 136 Å². The molecule has 1 aliphatic carbocycles. The lowest BCUT2D eigenvalue weighted by atomic mass is 9.70. The van der Waals surface area contributed by atoms with E-state index in [9.17, 15) is 14.7 Å². The maximum atomic E-state index is 12.8. The molecule has 0 unspecified atom stereocenters. The van der Waals surface area contributed by atoms with Crippen LogP contribution in [0.4, 0.5) is 0 Å². The molecule has 2 aliphatic heterocycles. The SMILES string of the molecule is O=C(C1CCC1)N1[C@H]2CC[C@@H]1[C@](Cc1ccccc1)(C(=O)O)C2. The summed E-state index contributed by atoms with van der Waals surface area (Å²) in [6, 6.07) is 9.85. The molecule has 1 saturated carbocycles. The quantitative estimate of drug-likeness (QED) is 0.930. The highest BCUT2D eigenvalue weighted by Gasteiger charge is 2.61. The molecule has 3 fully saturated rings. The third kappa shape index (κ3) is 2.19. The lowest BCUT2D eigenvalue weighted by molar-refractivity contribution is -0.152. The van der Waals surface area contributed by atoms with E-state index < -0.39 is 11.4 Å². The molecule has 2 heterocycles. The van der Waals surface area contributed by atoms with Crippen LogP contribution in [-0.4, -0.2) is 34.0 Å². The van der Waals surface area contributed by atoms with Crippen LogP contribution in [0.2, 0.25) is 0 Å². The van der Waals surface area contributed by atoms with Crippen LogP contribution < -0.4 is 0 Å². The second-order valence-corrected chi connectivity index (χ2v) is 7.45. The highest BCUT2D eigenvalue weighted by Crippen LogP contribution is 2.53. The normalized spacial score (nSPS) is 32.8. The lowest BCUT2D eigenvalue weighted by Crippen LogP contribution is -2.48. The van der Waals surface area contributed by atoms with Crippen molar-refractivity contribution in [2.75, 3.05) is 0 Å². The van der Waals surface area contributed by atoms with E-state index in [4.69, 9.17) is 0 Å². The average Bonchev–Trinajstić information content (AvgIpc) is 3.02. The number of aliphatic carboxylic acids is 1. The Morgan fingerprint density at radius 1 is 1.13 bits per heavy atom. The Balaban J connectivity index is 1.63. The molecule has 122 valence electrons. The molecule has 2 saturated heterocycles. The van der Waals surface area contributed by atoms with Crippen LogP contribution in [0.15, 0.2) is 30.3 Å². The number of carbonyl (C=O) groups excluding carboxylic acids is 1. The third-order valence-electron chi connectivity index (χ3n) is 6.24. The van der Waals surface area contributed by atoms with Gasteiger partial charge in [-0.15, -0.1) is 0 Å². The van der Waals surface area contributed by atoms with E-state index in [-0.39, 0.29) is 23.9 Å². The molecular weight excluding hydrogens is 290 g/mol.